The molecule has 3 N–H and O–H groups in total. The molecular formula is C12H13ClN2O. The summed E-state index contributed by atoms with van der Waals surface area (Å²) < 4.78 is 5.04. The summed E-state index contributed by atoms with van der Waals surface area (Å²) in [6.07, 6.45) is 4.04. The first-order chi connectivity index (χ1) is 7.81. The van der Waals surface area contributed by atoms with Gasteiger partial charge in [0.1, 0.15) is 0 Å². The number of benzene rings is 1. The fraction of sp³-hybridized carbons (Fsp3) is 0.167. The summed E-state index contributed by atoms with van der Waals surface area (Å²) >= 11 is 6.09. The molecule has 0 amide bonds. The molecule has 3 nitrogen and oxygen atoms in total. The number of nitrogens with one attached hydrogen (secondary N) is 1. The van der Waals surface area contributed by atoms with Gasteiger partial charge in [0.15, 0.2) is 0 Å². The van der Waals surface area contributed by atoms with Crippen molar-refractivity contribution in [3.63, 3.8) is 0 Å². The summed E-state index contributed by atoms with van der Waals surface area (Å²) in [5.74, 6) is 5.53. The molecule has 16 heavy (non-hydrogen) atoms. The molecule has 84 valence electrons. The molecule has 1 atom stereocenters. The number of hydrogen-bond donors (Lipinski definition) is 2. The molecule has 2 rings (SSSR count). The Morgan fingerprint density at radius 1 is 1.31 bits per heavy atom. The van der Waals surface area contributed by atoms with Crippen molar-refractivity contribution in [2.24, 2.45) is 5.84 Å². The van der Waals surface area contributed by atoms with Crippen LogP contribution in [0.2, 0.25) is 5.02 Å². The van der Waals surface area contributed by atoms with Crippen molar-refractivity contribution in [2.45, 2.75) is 12.5 Å². The second-order valence-corrected chi connectivity index (χ2v) is 3.98. The van der Waals surface area contributed by atoms with Crippen LogP contribution in [0.15, 0.2) is 47.3 Å². The largest absolute Gasteiger partial charge is 0.472 e. The molecular weight excluding hydrogens is 224 g/mol. The van der Waals surface area contributed by atoms with Crippen LogP contribution in [0.1, 0.15) is 17.2 Å². The van der Waals surface area contributed by atoms with Gasteiger partial charge in [0.05, 0.1) is 18.6 Å². The first-order valence-corrected chi connectivity index (χ1v) is 5.40. The Kier molecular flexibility index (Phi) is 3.62. The summed E-state index contributed by atoms with van der Waals surface area (Å²) in [6.45, 7) is 0. The smallest absolute Gasteiger partial charge is 0.0950 e. The van der Waals surface area contributed by atoms with Crippen LogP contribution >= 0.6 is 11.6 Å². The van der Waals surface area contributed by atoms with Crippen LogP contribution < -0.4 is 11.3 Å². The summed E-state index contributed by atoms with van der Waals surface area (Å²) in [5, 5.41) is 0.756. The maximum atomic E-state index is 6.09. The second kappa shape index (κ2) is 5.16. The van der Waals surface area contributed by atoms with Gasteiger partial charge in [-0.3, -0.25) is 11.3 Å². The number of hydrogen-bond acceptors (Lipinski definition) is 3. The zero-order valence-corrected chi connectivity index (χ0v) is 9.45. The molecule has 1 aromatic carbocycles. The van der Waals surface area contributed by atoms with E-state index in [1.807, 2.05) is 30.3 Å². The van der Waals surface area contributed by atoms with E-state index in [0.29, 0.717) is 0 Å². The lowest BCUT2D eigenvalue weighted by Crippen LogP contribution is -2.29. The van der Waals surface area contributed by atoms with E-state index >= 15 is 0 Å². The van der Waals surface area contributed by atoms with Gasteiger partial charge in [0.2, 0.25) is 0 Å². The van der Waals surface area contributed by atoms with Crippen LogP contribution in [0.4, 0.5) is 0 Å². The van der Waals surface area contributed by atoms with Crippen LogP contribution in [-0.2, 0) is 6.42 Å². The molecule has 1 heterocycles. The quantitative estimate of drug-likeness (QED) is 0.634. The molecule has 0 aliphatic rings. The van der Waals surface area contributed by atoms with Crippen LogP contribution in [0.25, 0.3) is 0 Å². The van der Waals surface area contributed by atoms with Gasteiger partial charge in [-0.2, -0.15) is 0 Å². The normalized spacial score (nSPS) is 12.6. The Labute approximate surface area is 99.2 Å². The molecule has 0 radical (unpaired) electrons. The molecule has 4 heteroatoms. The van der Waals surface area contributed by atoms with E-state index in [1.165, 1.54) is 0 Å². The molecule has 1 aromatic heterocycles. The maximum Gasteiger partial charge on any atom is 0.0950 e. The summed E-state index contributed by atoms with van der Waals surface area (Å²) in [7, 11) is 0. The highest BCUT2D eigenvalue weighted by Crippen LogP contribution is 2.23. The van der Waals surface area contributed by atoms with Gasteiger partial charge >= 0.3 is 0 Å². The van der Waals surface area contributed by atoms with Gasteiger partial charge in [-0.05, 0) is 24.1 Å². The highest BCUT2D eigenvalue weighted by molar-refractivity contribution is 6.31. The monoisotopic (exact) mass is 236 g/mol. The van der Waals surface area contributed by atoms with Gasteiger partial charge in [0.25, 0.3) is 0 Å². The first-order valence-electron chi connectivity index (χ1n) is 5.03. The lowest BCUT2D eigenvalue weighted by molar-refractivity contribution is 0.525. The number of halogens is 1. The van der Waals surface area contributed by atoms with Crippen LogP contribution in [0.5, 0.6) is 0 Å². The van der Waals surface area contributed by atoms with Crippen molar-refractivity contribution in [1.82, 2.24) is 5.43 Å². The Balaban J connectivity index is 2.17. The fourth-order valence-corrected chi connectivity index (χ4v) is 1.84. The number of nitrogens with two attached hydrogens (primary N) is 1. The maximum absolute atomic E-state index is 6.09. The van der Waals surface area contributed by atoms with Crippen LogP contribution in [0, 0.1) is 0 Å². The minimum atomic E-state index is 0.0126. The van der Waals surface area contributed by atoms with Gasteiger partial charge in [-0.15, -0.1) is 0 Å². The molecule has 0 bridgehead atoms. The third-order valence-corrected chi connectivity index (χ3v) is 2.90. The van der Waals surface area contributed by atoms with Crippen molar-refractivity contribution in [1.29, 1.82) is 0 Å². The van der Waals surface area contributed by atoms with Crippen molar-refractivity contribution in [3.05, 3.63) is 59.0 Å². The molecule has 0 aliphatic heterocycles. The van der Waals surface area contributed by atoms with E-state index in [1.54, 1.807) is 12.5 Å². The summed E-state index contributed by atoms with van der Waals surface area (Å²) in [6, 6.07) is 9.64. The highest BCUT2D eigenvalue weighted by Gasteiger charge is 2.13. The highest BCUT2D eigenvalue weighted by atomic mass is 35.5. The average molecular weight is 237 g/mol. The SMILES string of the molecule is NNC(Cc1ccccc1Cl)c1ccoc1. The number of furan rings is 1. The zero-order chi connectivity index (χ0) is 11.4. The summed E-state index contributed by atoms with van der Waals surface area (Å²) in [4.78, 5) is 0. The standard InChI is InChI=1S/C12H13ClN2O/c13-11-4-2-1-3-9(11)7-12(15-14)10-5-6-16-8-10/h1-6,8,12,15H,7,14H2. The van der Waals surface area contributed by atoms with E-state index in [2.05, 4.69) is 5.43 Å². The lowest BCUT2D eigenvalue weighted by atomic mass is 10.0. The average Bonchev–Trinajstić information content (AvgIpc) is 2.81. The Hall–Kier alpha value is -1.29. The van der Waals surface area contributed by atoms with Crippen molar-refractivity contribution in [3.8, 4) is 0 Å². The molecule has 0 spiro atoms. The molecule has 0 aliphatic carbocycles. The van der Waals surface area contributed by atoms with Crippen LogP contribution in [0.3, 0.4) is 0 Å². The van der Waals surface area contributed by atoms with Gasteiger partial charge in [0, 0.05) is 10.6 Å². The van der Waals surface area contributed by atoms with Gasteiger partial charge in [-0.1, -0.05) is 29.8 Å². The molecule has 2 aromatic rings. The second-order valence-electron chi connectivity index (χ2n) is 3.57. The Bertz CT molecular complexity index is 442. The molecule has 0 saturated heterocycles. The van der Waals surface area contributed by atoms with Gasteiger partial charge < -0.3 is 4.42 Å². The van der Waals surface area contributed by atoms with E-state index in [4.69, 9.17) is 21.9 Å². The first kappa shape index (κ1) is 11.2. The lowest BCUT2D eigenvalue weighted by Gasteiger charge is -2.14. The Morgan fingerprint density at radius 3 is 2.75 bits per heavy atom. The minimum absolute atomic E-state index is 0.0126. The van der Waals surface area contributed by atoms with E-state index in [-0.39, 0.29) is 6.04 Å². The third kappa shape index (κ3) is 2.44. The third-order valence-electron chi connectivity index (χ3n) is 2.53. The summed E-state index contributed by atoms with van der Waals surface area (Å²) in [5.41, 5.74) is 4.84. The predicted octanol–water partition coefficient (Wildman–Crippen LogP) is 2.68. The van der Waals surface area contributed by atoms with Crippen molar-refractivity contribution in [2.75, 3.05) is 0 Å². The number of rotatable bonds is 4. The molecule has 0 saturated carbocycles. The zero-order valence-electron chi connectivity index (χ0n) is 8.69. The van der Waals surface area contributed by atoms with E-state index in [0.717, 1.165) is 22.6 Å². The van der Waals surface area contributed by atoms with E-state index < -0.39 is 0 Å². The van der Waals surface area contributed by atoms with E-state index in [9.17, 15) is 0 Å². The predicted molar refractivity (Wildman–Crippen MR) is 63.9 cm³/mol. The molecule has 0 fully saturated rings. The van der Waals surface area contributed by atoms with Crippen LogP contribution in [-0.4, -0.2) is 0 Å². The molecule has 1 unspecified atom stereocenters. The fourth-order valence-electron chi connectivity index (χ4n) is 1.63. The minimum Gasteiger partial charge on any atom is -0.472 e. The topological polar surface area (TPSA) is 51.2 Å². The Morgan fingerprint density at radius 2 is 2.12 bits per heavy atom. The van der Waals surface area contributed by atoms with Gasteiger partial charge in [-0.25, -0.2) is 0 Å². The number of hydrazine groups is 1. The van der Waals surface area contributed by atoms with Crippen molar-refractivity contribution >= 4 is 11.6 Å². The van der Waals surface area contributed by atoms with Crippen molar-refractivity contribution < 1.29 is 4.42 Å².